The maximum absolute atomic E-state index is 11.6. The quantitative estimate of drug-likeness (QED) is 0.727. The molecule has 0 aromatic carbocycles. The highest BCUT2D eigenvalue weighted by atomic mass is 32.2. The summed E-state index contributed by atoms with van der Waals surface area (Å²) < 4.78 is 25.9. The van der Waals surface area contributed by atoms with E-state index in [1.54, 1.807) is 6.92 Å². The zero-order valence-electron chi connectivity index (χ0n) is 9.98. The lowest BCUT2D eigenvalue weighted by Gasteiger charge is -2.26. The number of nitrogens with one attached hydrogen (secondary N) is 1. The lowest BCUT2D eigenvalue weighted by Crippen LogP contribution is -2.39. The van der Waals surface area contributed by atoms with Crippen LogP contribution in [0.3, 0.4) is 0 Å². The zero-order valence-corrected chi connectivity index (χ0v) is 10.8. The Hall–Kier alpha value is -0.880. The normalized spacial score (nSPS) is 25.5. The number of sulfonamides is 1. The number of aliphatic carboxylic acids is 1. The highest BCUT2D eigenvalue weighted by molar-refractivity contribution is 7.89. The van der Waals surface area contributed by atoms with Gasteiger partial charge in [0.15, 0.2) is 0 Å². The van der Waals surface area contributed by atoms with Crippen molar-refractivity contribution in [2.75, 3.05) is 5.75 Å². The Morgan fingerprint density at radius 2 is 1.88 bits per heavy atom. The van der Waals surface area contributed by atoms with Crippen molar-refractivity contribution in [3.8, 4) is 0 Å². The van der Waals surface area contributed by atoms with E-state index in [2.05, 4.69) is 11.3 Å². The first-order valence-corrected chi connectivity index (χ1v) is 7.32. The van der Waals surface area contributed by atoms with Gasteiger partial charge in [0.1, 0.15) is 0 Å². The SMILES string of the molecule is C=C(C)CS(=O)(=O)NC1CCC(C(=O)O)CC1. The summed E-state index contributed by atoms with van der Waals surface area (Å²) in [4.78, 5) is 10.7. The van der Waals surface area contributed by atoms with Crippen molar-refractivity contribution in [1.82, 2.24) is 4.72 Å². The molecule has 1 saturated carbocycles. The van der Waals surface area contributed by atoms with E-state index < -0.39 is 16.0 Å². The highest BCUT2D eigenvalue weighted by Gasteiger charge is 2.28. The minimum atomic E-state index is -3.32. The van der Waals surface area contributed by atoms with Gasteiger partial charge in [-0.3, -0.25) is 4.79 Å². The summed E-state index contributed by atoms with van der Waals surface area (Å²) in [5.74, 6) is -1.17. The number of hydrogen-bond donors (Lipinski definition) is 2. The van der Waals surface area contributed by atoms with Gasteiger partial charge >= 0.3 is 5.97 Å². The zero-order chi connectivity index (χ0) is 13.1. The highest BCUT2D eigenvalue weighted by Crippen LogP contribution is 2.24. The molecule has 5 nitrogen and oxygen atoms in total. The molecule has 0 spiro atoms. The van der Waals surface area contributed by atoms with E-state index in [4.69, 9.17) is 5.11 Å². The summed E-state index contributed by atoms with van der Waals surface area (Å²) in [5, 5.41) is 8.83. The van der Waals surface area contributed by atoms with Crippen molar-refractivity contribution in [1.29, 1.82) is 0 Å². The molecule has 0 aliphatic heterocycles. The molecule has 1 aliphatic rings. The van der Waals surface area contributed by atoms with Gasteiger partial charge in [0.05, 0.1) is 11.7 Å². The Balaban J connectivity index is 2.45. The van der Waals surface area contributed by atoms with Crippen LogP contribution in [0.5, 0.6) is 0 Å². The number of carboxylic acids is 1. The molecule has 6 heteroatoms. The summed E-state index contributed by atoms with van der Waals surface area (Å²) in [6.07, 6.45) is 2.25. The van der Waals surface area contributed by atoms with Gasteiger partial charge in [0.2, 0.25) is 10.0 Å². The monoisotopic (exact) mass is 261 g/mol. The third-order valence-electron chi connectivity index (χ3n) is 2.86. The van der Waals surface area contributed by atoms with Crippen LogP contribution in [-0.4, -0.2) is 31.3 Å². The Kier molecular flexibility index (Phi) is 4.70. The van der Waals surface area contributed by atoms with Crippen LogP contribution in [0.15, 0.2) is 12.2 Å². The molecule has 0 atom stereocenters. The standard InChI is InChI=1S/C11H19NO4S/c1-8(2)7-17(15,16)12-10-5-3-9(4-6-10)11(13)14/h9-10,12H,1,3-7H2,2H3,(H,13,14). The van der Waals surface area contributed by atoms with Gasteiger partial charge in [0, 0.05) is 6.04 Å². The third-order valence-corrected chi connectivity index (χ3v) is 4.42. The molecule has 0 aromatic rings. The van der Waals surface area contributed by atoms with Gasteiger partial charge in [-0.1, -0.05) is 12.2 Å². The maximum Gasteiger partial charge on any atom is 0.306 e. The second-order valence-electron chi connectivity index (χ2n) is 4.72. The molecule has 1 fully saturated rings. The van der Waals surface area contributed by atoms with Crippen LogP contribution in [0.2, 0.25) is 0 Å². The van der Waals surface area contributed by atoms with Crippen molar-refractivity contribution in [3.05, 3.63) is 12.2 Å². The van der Waals surface area contributed by atoms with Crippen LogP contribution in [0.4, 0.5) is 0 Å². The van der Waals surface area contributed by atoms with Crippen molar-refractivity contribution in [2.45, 2.75) is 38.6 Å². The Morgan fingerprint density at radius 1 is 1.35 bits per heavy atom. The molecule has 1 rings (SSSR count). The summed E-state index contributed by atoms with van der Waals surface area (Å²) in [7, 11) is -3.32. The minimum Gasteiger partial charge on any atom is -0.481 e. The fraction of sp³-hybridized carbons (Fsp3) is 0.727. The molecule has 0 saturated heterocycles. The van der Waals surface area contributed by atoms with Crippen LogP contribution in [0.1, 0.15) is 32.6 Å². The van der Waals surface area contributed by atoms with Gasteiger partial charge in [-0.2, -0.15) is 0 Å². The Morgan fingerprint density at radius 3 is 2.29 bits per heavy atom. The average Bonchev–Trinajstić information content (AvgIpc) is 2.15. The van der Waals surface area contributed by atoms with Gasteiger partial charge in [-0.05, 0) is 32.6 Å². The number of rotatable bonds is 5. The summed E-state index contributed by atoms with van der Waals surface area (Å²) >= 11 is 0. The Bertz CT molecular complexity index is 394. The van der Waals surface area contributed by atoms with E-state index in [0.717, 1.165) is 0 Å². The van der Waals surface area contributed by atoms with Crippen LogP contribution < -0.4 is 4.72 Å². The van der Waals surface area contributed by atoms with Gasteiger partial charge < -0.3 is 5.11 Å². The predicted octanol–water partition coefficient (Wildman–Crippen LogP) is 1.13. The molecular formula is C11H19NO4S. The number of carbonyl (C=O) groups is 1. The fourth-order valence-corrected chi connectivity index (χ4v) is 3.55. The van der Waals surface area contributed by atoms with E-state index in [9.17, 15) is 13.2 Å². The minimum absolute atomic E-state index is 0.0636. The van der Waals surface area contributed by atoms with Crippen LogP contribution in [-0.2, 0) is 14.8 Å². The summed E-state index contributed by atoms with van der Waals surface area (Å²) in [6.45, 7) is 5.24. The molecule has 0 unspecified atom stereocenters. The fourth-order valence-electron chi connectivity index (χ4n) is 2.08. The number of carboxylic acid groups (broad SMARTS) is 1. The molecule has 0 radical (unpaired) electrons. The van der Waals surface area contributed by atoms with Gasteiger partial charge in [-0.15, -0.1) is 0 Å². The largest absolute Gasteiger partial charge is 0.481 e. The lowest BCUT2D eigenvalue weighted by molar-refractivity contribution is -0.142. The predicted molar refractivity (Wildman–Crippen MR) is 65.1 cm³/mol. The van der Waals surface area contributed by atoms with E-state index in [-0.39, 0.29) is 17.7 Å². The second-order valence-corrected chi connectivity index (χ2v) is 6.47. The topological polar surface area (TPSA) is 83.5 Å². The summed E-state index contributed by atoms with van der Waals surface area (Å²) in [6, 6.07) is -0.130. The van der Waals surface area contributed by atoms with Gasteiger partial charge in [-0.25, -0.2) is 13.1 Å². The van der Waals surface area contributed by atoms with Crippen LogP contribution >= 0.6 is 0 Å². The van der Waals surface area contributed by atoms with Crippen molar-refractivity contribution >= 4 is 16.0 Å². The molecule has 2 N–H and O–H groups in total. The molecule has 0 amide bonds. The molecular weight excluding hydrogens is 242 g/mol. The van der Waals surface area contributed by atoms with E-state index in [1.165, 1.54) is 0 Å². The summed E-state index contributed by atoms with van der Waals surface area (Å²) in [5.41, 5.74) is 0.594. The molecule has 0 aromatic heterocycles. The first-order valence-electron chi connectivity index (χ1n) is 5.67. The first kappa shape index (κ1) is 14.2. The molecule has 1 aliphatic carbocycles. The van der Waals surface area contributed by atoms with E-state index in [0.29, 0.717) is 31.3 Å². The smallest absolute Gasteiger partial charge is 0.306 e. The average molecular weight is 261 g/mol. The lowest BCUT2D eigenvalue weighted by atomic mass is 9.87. The van der Waals surface area contributed by atoms with E-state index >= 15 is 0 Å². The van der Waals surface area contributed by atoms with Crippen LogP contribution in [0, 0.1) is 5.92 Å². The van der Waals surface area contributed by atoms with Crippen LogP contribution in [0.25, 0.3) is 0 Å². The second kappa shape index (κ2) is 5.64. The maximum atomic E-state index is 11.6. The molecule has 0 heterocycles. The molecule has 98 valence electrons. The Labute approximate surface area is 102 Å². The van der Waals surface area contributed by atoms with Gasteiger partial charge in [0.25, 0.3) is 0 Å². The number of hydrogen-bond acceptors (Lipinski definition) is 3. The van der Waals surface area contributed by atoms with Crippen molar-refractivity contribution in [2.24, 2.45) is 5.92 Å². The molecule has 17 heavy (non-hydrogen) atoms. The third kappa shape index (κ3) is 4.87. The first-order chi connectivity index (χ1) is 7.80. The van der Waals surface area contributed by atoms with Crippen molar-refractivity contribution < 1.29 is 18.3 Å². The van der Waals surface area contributed by atoms with Crippen molar-refractivity contribution in [3.63, 3.8) is 0 Å². The molecule has 0 bridgehead atoms. The van der Waals surface area contributed by atoms with E-state index in [1.807, 2.05) is 0 Å².